The lowest BCUT2D eigenvalue weighted by Crippen LogP contribution is -2.37. The number of sulfonamides is 1. The molecule has 102 valence electrons. The molecule has 8 heteroatoms. The van der Waals surface area contributed by atoms with E-state index < -0.39 is 10.0 Å². The summed E-state index contributed by atoms with van der Waals surface area (Å²) in [7, 11) is -3.27. The second kappa shape index (κ2) is 6.26. The van der Waals surface area contributed by atoms with Crippen LogP contribution in [0, 0.1) is 0 Å². The van der Waals surface area contributed by atoms with Crippen molar-refractivity contribution in [3.05, 3.63) is 12.2 Å². The summed E-state index contributed by atoms with van der Waals surface area (Å²) in [4.78, 5) is 3.75. The van der Waals surface area contributed by atoms with E-state index in [1.807, 2.05) is 0 Å². The predicted molar refractivity (Wildman–Crippen MR) is 65.2 cm³/mol. The normalized spacial score (nSPS) is 21.0. The summed E-state index contributed by atoms with van der Waals surface area (Å²) in [6.07, 6.45) is 5.23. The Morgan fingerprint density at radius 1 is 1.50 bits per heavy atom. The smallest absolute Gasteiger partial charge is 0.213 e. The van der Waals surface area contributed by atoms with Crippen molar-refractivity contribution < 1.29 is 12.9 Å². The summed E-state index contributed by atoms with van der Waals surface area (Å²) < 4.78 is 30.5. The van der Waals surface area contributed by atoms with E-state index in [0.29, 0.717) is 18.3 Å². The van der Waals surface area contributed by atoms with Gasteiger partial charge in [0.15, 0.2) is 5.82 Å². The van der Waals surface area contributed by atoms with E-state index in [4.69, 9.17) is 0 Å². The highest BCUT2D eigenvalue weighted by Crippen LogP contribution is 2.10. The van der Waals surface area contributed by atoms with Gasteiger partial charge in [-0.2, -0.15) is 4.98 Å². The van der Waals surface area contributed by atoms with Crippen LogP contribution in [0.15, 0.2) is 10.9 Å². The number of piperidine rings is 1. The van der Waals surface area contributed by atoms with Crippen LogP contribution in [0.3, 0.4) is 0 Å². The van der Waals surface area contributed by atoms with Gasteiger partial charge in [-0.05, 0) is 25.8 Å². The molecule has 1 unspecified atom stereocenters. The third-order valence-electron chi connectivity index (χ3n) is 3.00. The molecule has 0 amide bonds. The Labute approximate surface area is 106 Å². The van der Waals surface area contributed by atoms with Crippen LogP contribution in [0.2, 0.25) is 0 Å². The van der Waals surface area contributed by atoms with Gasteiger partial charge in [-0.25, -0.2) is 13.1 Å². The van der Waals surface area contributed by atoms with Crippen molar-refractivity contribution in [1.29, 1.82) is 0 Å². The molecule has 2 heterocycles. The maximum absolute atomic E-state index is 11.7. The average molecular weight is 274 g/mol. The lowest BCUT2D eigenvalue weighted by molar-refractivity contribution is 0.392. The van der Waals surface area contributed by atoms with Gasteiger partial charge in [0.25, 0.3) is 0 Å². The summed E-state index contributed by atoms with van der Waals surface area (Å²) in [5.74, 6) is 0.470. The SMILES string of the molecule is O=S(=O)(CCC1CCCCN1)NCc1ncon1. The topological polar surface area (TPSA) is 97.1 Å². The first-order valence-electron chi connectivity index (χ1n) is 6.12. The quantitative estimate of drug-likeness (QED) is 0.759. The molecule has 2 N–H and O–H groups in total. The fraction of sp³-hybridized carbons (Fsp3) is 0.800. The van der Waals surface area contributed by atoms with Gasteiger partial charge in [0, 0.05) is 6.04 Å². The zero-order valence-corrected chi connectivity index (χ0v) is 10.9. The molecule has 1 atom stereocenters. The molecular weight excluding hydrogens is 256 g/mol. The first-order valence-corrected chi connectivity index (χ1v) is 7.77. The van der Waals surface area contributed by atoms with Crippen molar-refractivity contribution in [2.75, 3.05) is 12.3 Å². The van der Waals surface area contributed by atoms with Gasteiger partial charge in [-0.15, -0.1) is 0 Å². The van der Waals surface area contributed by atoms with Gasteiger partial charge in [-0.3, -0.25) is 0 Å². The van der Waals surface area contributed by atoms with Crippen LogP contribution in [-0.2, 0) is 16.6 Å². The van der Waals surface area contributed by atoms with Gasteiger partial charge in [0.2, 0.25) is 16.4 Å². The molecule has 1 fully saturated rings. The van der Waals surface area contributed by atoms with E-state index >= 15 is 0 Å². The highest BCUT2D eigenvalue weighted by Gasteiger charge is 2.17. The molecule has 1 aliphatic rings. The third-order valence-corrected chi connectivity index (χ3v) is 4.36. The lowest BCUT2D eigenvalue weighted by atomic mass is 10.0. The molecule has 0 radical (unpaired) electrons. The number of hydrogen-bond donors (Lipinski definition) is 2. The predicted octanol–water partition coefficient (Wildman–Crippen LogP) is 0.0212. The van der Waals surface area contributed by atoms with Crippen molar-refractivity contribution in [1.82, 2.24) is 20.2 Å². The largest absolute Gasteiger partial charge is 0.343 e. The molecule has 0 bridgehead atoms. The van der Waals surface area contributed by atoms with Crippen molar-refractivity contribution >= 4 is 10.0 Å². The first kappa shape index (κ1) is 13.4. The summed E-state index contributed by atoms with van der Waals surface area (Å²) in [6.45, 7) is 1.07. The monoisotopic (exact) mass is 274 g/mol. The maximum Gasteiger partial charge on any atom is 0.213 e. The molecule has 0 spiro atoms. The van der Waals surface area contributed by atoms with E-state index in [-0.39, 0.29) is 12.3 Å². The van der Waals surface area contributed by atoms with Crippen LogP contribution in [0.25, 0.3) is 0 Å². The van der Waals surface area contributed by atoms with Crippen LogP contribution in [0.1, 0.15) is 31.5 Å². The number of rotatable bonds is 6. The van der Waals surface area contributed by atoms with E-state index in [1.54, 1.807) is 0 Å². The molecule has 2 rings (SSSR count). The standard InChI is InChI=1S/C10H18N4O3S/c15-18(16,13-7-10-12-8-17-14-10)6-4-9-3-1-2-5-11-9/h8-9,11,13H,1-7H2. The Kier molecular flexibility index (Phi) is 4.67. The van der Waals surface area contributed by atoms with Crippen molar-refractivity contribution in [3.8, 4) is 0 Å². The Hall–Kier alpha value is -0.990. The first-order chi connectivity index (χ1) is 8.66. The second-order valence-electron chi connectivity index (χ2n) is 4.42. The van der Waals surface area contributed by atoms with Gasteiger partial charge in [0.1, 0.15) is 0 Å². The highest BCUT2D eigenvalue weighted by molar-refractivity contribution is 7.89. The highest BCUT2D eigenvalue weighted by atomic mass is 32.2. The number of nitrogens with zero attached hydrogens (tertiary/aromatic N) is 2. The summed E-state index contributed by atoms with van der Waals surface area (Å²) in [5, 5.41) is 6.87. The van der Waals surface area contributed by atoms with Crippen LogP contribution in [0.5, 0.6) is 0 Å². The molecule has 0 aliphatic carbocycles. The van der Waals surface area contributed by atoms with Crippen molar-refractivity contribution in [3.63, 3.8) is 0 Å². The van der Waals surface area contributed by atoms with Crippen LogP contribution in [-0.4, -0.2) is 36.9 Å². The van der Waals surface area contributed by atoms with E-state index in [1.165, 1.54) is 19.2 Å². The zero-order valence-electron chi connectivity index (χ0n) is 10.1. The van der Waals surface area contributed by atoms with Crippen LogP contribution in [0.4, 0.5) is 0 Å². The Morgan fingerprint density at radius 2 is 2.39 bits per heavy atom. The van der Waals surface area contributed by atoms with Gasteiger partial charge >= 0.3 is 0 Å². The van der Waals surface area contributed by atoms with E-state index in [2.05, 4.69) is 24.7 Å². The minimum absolute atomic E-state index is 0.0803. The molecule has 0 aromatic carbocycles. The van der Waals surface area contributed by atoms with Crippen molar-refractivity contribution in [2.45, 2.75) is 38.3 Å². The van der Waals surface area contributed by atoms with Crippen LogP contribution >= 0.6 is 0 Å². The second-order valence-corrected chi connectivity index (χ2v) is 6.35. The molecule has 1 saturated heterocycles. The Bertz CT molecular complexity index is 440. The number of nitrogens with one attached hydrogen (secondary N) is 2. The maximum atomic E-state index is 11.7. The lowest BCUT2D eigenvalue weighted by Gasteiger charge is -2.23. The van der Waals surface area contributed by atoms with Gasteiger partial charge in [0.05, 0.1) is 12.3 Å². The van der Waals surface area contributed by atoms with E-state index in [0.717, 1.165) is 13.0 Å². The molecule has 7 nitrogen and oxygen atoms in total. The van der Waals surface area contributed by atoms with Gasteiger partial charge < -0.3 is 9.84 Å². The average Bonchev–Trinajstić information content (AvgIpc) is 2.89. The molecule has 1 aliphatic heterocycles. The molecule has 18 heavy (non-hydrogen) atoms. The molecule has 0 saturated carbocycles. The molecular formula is C10H18N4O3S. The summed E-state index contributed by atoms with van der Waals surface area (Å²) in [6, 6.07) is 0.320. The minimum Gasteiger partial charge on any atom is -0.343 e. The Balaban J connectivity index is 1.73. The number of hydrogen-bond acceptors (Lipinski definition) is 6. The summed E-state index contributed by atoms with van der Waals surface area (Å²) >= 11 is 0. The molecule has 1 aromatic rings. The summed E-state index contributed by atoms with van der Waals surface area (Å²) in [5.41, 5.74) is 0. The zero-order chi connectivity index (χ0) is 12.8. The third kappa shape index (κ3) is 4.35. The Morgan fingerprint density at radius 3 is 3.06 bits per heavy atom. The minimum atomic E-state index is -3.27. The van der Waals surface area contributed by atoms with Crippen LogP contribution < -0.4 is 10.0 Å². The number of aromatic nitrogens is 2. The fourth-order valence-corrected chi connectivity index (χ4v) is 3.07. The fourth-order valence-electron chi connectivity index (χ4n) is 1.98. The van der Waals surface area contributed by atoms with Gasteiger partial charge in [-0.1, -0.05) is 11.6 Å². The van der Waals surface area contributed by atoms with Crippen molar-refractivity contribution in [2.24, 2.45) is 0 Å². The van der Waals surface area contributed by atoms with E-state index in [9.17, 15) is 8.42 Å². The molecule has 1 aromatic heterocycles.